The Morgan fingerprint density at radius 1 is 1.29 bits per heavy atom. The van der Waals surface area contributed by atoms with Crippen molar-refractivity contribution < 1.29 is 13.9 Å². The van der Waals surface area contributed by atoms with Gasteiger partial charge < -0.3 is 19.0 Å². The Morgan fingerprint density at radius 3 is 2.81 bits per heavy atom. The van der Waals surface area contributed by atoms with Crippen LogP contribution < -0.4 is 10.9 Å². The second-order valence-corrected chi connectivity index (χ2v) is 9.19. The molecular weight excluding hydrogens is 394 g/mol. The Hall–Kier alpha value is -2.93. The molecule has 1 aromatic carbocycles. The van der Waals surface area contributed by atoms with Crippen molar-refractivity contribution >= 4 is 17.0 Å². The number of oxazole rings is 1. The van der Waals surface area contributed by atoms with E-state index in [4.69, 9.17) is 9.15 Å². The van der Waals surface area contributed by atoms with Gasteiger partial charge in [-0.15, -0.1) is 0 Å². The van der Waals surface area contributed by atoms with E-state index in [0.717, 1.165) is 30.5 Å². The Morgan fingerprint density at radius 2 is 2.10 bits per heavy atom. The molecule has 1 amide bonds. The largest absolute Gasteiger partial charge is 0.439 e. The molecule has 31 heavy (non-hydrogen) atoms. The summed E-state index contributed by atoms with van der Waals surface area (Å²) in [6.45, 7) is 9.48. The van der Waals surface area contributed by atoms with Gasteiger partial charge in [0.15, 0.2) is 5.58 Å². The van der Waals surface area contributed by atoms with E-state index < -0.39 is 5.91 Å². The minimum Gasteiger partial charge on any atom is -0.439 e. The average Bonchev–Trinajstić information content (AvgIpc) is 3.36. The molecule has 1 aliphatic rings. The summed E-state index contributed by atoms with van der Waals surface area (Å²) in [7, 11) is 0. The van der Waals surface area contributed by atoms with Crippen LogP contribution in [-0.4, -0.2) is 28.2 Å². The quantitative estimate of drug-likeness (QED) is 0.676. The monoisotopic (exact) mass is 423 g/mol. The van der Waals surface area contributed by atoms with E-state index in [1.807, 2.05) is 18.2 Å². The molecule has 1 aliphatic heterocycles. The lowest BCUT2D eigenvalue weighted by molar-refractivity contribution is 0.0926. The van der Waals surface area contributed by atoms with Crippen LogP contribution in [0.1, 0.15) is 61.0 Å². The number of hydrogen-bond donors (Lipinski definition) is 1. The lowest BCUT2D eigenvalue weighted by Gasteiger charge is -2.18. The number of amides is 1. The van der Waals surface area contributed by atoms with E-state index >= 15 is 0 Å². The number of hydrogen-bond acceptors (Lipinski definition) is 5. The molecule has 7 heteroatoms. The molecule has 0 bridgehead atoms. The number of carbonyl (C=O) groups is 1. The molecule has 0 saturated carbocycles. The Labute approximate surface area is 181 Å². The fourth-order valence-electron chi connectivity index (χ4n) is 3.85. The minimum absolute atomic E-state index is 0.00972. The van der Waals surface area contributed by atoms with Gasteiger partial charge in [-0.05, 0) is 54.5 Å². The standard InChI is InChI=1S/C24H29N3O4/c1-15-9-10-27(14-17-6-5-11-30-17)23(29)21(15)22(28)25-13-20-26-18-12-16(24(2,3)4)7-8-19(18)31-20/h7-10,12,17H,5-6,11,13-14H2,1-4H3,(H,25,28). The van der Waals surface area contributed by atoms with Crippen LogP contribution in [0, 0.1) is 6.92 Å². The van der Waals surface area contributed by atoms with Gasteiger partial charge in [0, 0.05) is 12.8 Å². The molecular formula is C24H29N3O4. The first kappa shape index (κ1) is 21.3. The van der Waals surface area contributed by atoms with Crippen molar-refractivity contribution in [3.63, 3.8) is 0 Å². The zero-order valence-electron chi connectivity index (χ0n) is 18.5. The van der Waals surface area contributed by atoms with E-state index in [0.29, 0.717) is 23.6 Å². The highest BCUT2D eigenvalue weighted by molar-refractivity contribution is 5.95. The summed E-state index contributed by atoms with van der Waals surface area (Å²) in [5.41, 5.74) is 3.08. The Bertz CT molecular complexity index is 1160. The van der Waals surface area contributed by atoms with Crippen molar-refractivity contribution in [2.45, 2.75) is 65.1 Å². The van der Waals surface area contributed by atoms with Gasteiger partial charge in [0.05, 0.1) is 19.2 Å². The number of carbonyl (C=O) groups excluding carboxylic acids is 1. The molecule has 1 atom stereocenters. The predicted octanol–water partition coefficient (Wildman–Crippen LogP) is 3.70. The summed E-state index contributed by atoms with van der Waals surface area (Å²) in [6.07, 6.45) is 3.68. The highest BCUT2D eigenvalue weighted by Gasteiger charge is 2.21. The maximum atomic E-state index is 12.9. The molecule has 164 valence electrons. The second-order valence-electron chi connectivity index (χ2n) is 9.19. The molecule has 1 unspecified atom stereocenters. The lowest BCUT2D eigenvalue weighted by Crippen LogP contribution is -2.35. The molecule has 7 nitrogen and oxygen atoms in total. The van der Waals surface area contributed by atoms with Gasteiger partial charge in [0.1, 0.15) is 11.1 Å². The number of aryl methyl sites for hydroxylation is 1. The van der Waals surface area contributed by atoms with Crippen molar-refractivity contribution in [1.29, 1.82) is 0 Å². The van der Waals surface area contributed by atoms with E-state index in [-0.39, 0.29) is 29.2 Å². The first-order chi connectivity index (χ1) is 14.7. The van der Waals surface area contributed by atoms with Crippen LogP contribution in [0.3, 0.4) is 0 Å². The first-order valence-electron chi connectivity index (χ1n) is 10.7. The number of pyridine rings is 1. The zero-order chi connectivity index (χ0) is 22.2. The van der Waals surface area contributed by atoms with Crippen molar-refractivity contribution in [2.24, 2.45) is 0 Å². The van der Waals surface area contributed by atoms with Gasteiger partial charge in [0.25, 0.3) is 11.5 Å². The summed E-state index contributed by atoms with van der Waals surface area (Å²) in [5, 5.41) is 2.78. The number of ether oxygens (including phenoxy) is 1. The molecule has 0 aliphatic carbocycles. The smallest absolute Gasteiger partial charge is 0.263 e. The van der Waals surface area contributed by atoms with Gasteiger partial charge in [-0.1, -0.05) is 26.8 Å². The molecule has 0 radical (unpaired) electrons. The SMILES string of the molecule is Cc1ccn(CC2CCCO2)c(=O)c1C(=O)NCc1nc2cc(C(C)(C)C)ccc2o1. The summed E-state index contributed by atoms with van der Waals surface area (Å²) in [4.78, 5) is 30.2. The maximum Gasteiger partial charge on any atom is 0.263 e. The van der Waals surface area contributed by atoms with Gasteiger partial charge >= 0.3 is 0 Å². The number of aromatic nitrogens is 2. The molecule has 0 spiro atoms. The van der Waals surface area contributed by atoms with Crippen LogP contribution in [0.15, 0.2) is 39.7 Å². The fraction of sp³-hybridized carbons (Fsp3) is 0.458. The predicted molar refractivity (Wildman–Crippen MR) is 118 cm³/mol. The normalized spacial score (nSPS) is 16.7. The van der Waals surface area contributed by atoms with Crippen molar-refractivity contribution in [3.05, 3.63) is 63.4 Å². The summed E-state index contributed by atoms with van der Waals surface area (Å²) < 4.78 is 13.0. The summed E-state index contributed by atoms with van der Waals surface area (Å²) >= 11 is 0. The molecule has 2 aromatic heterocycles. The molecule has 3 heterocycles. The number of fused-ring (bicyclic) bond motifs is 1. The maximum absolute atomic E-state index is 12.9. The van der Waals surface area contributed by atoms with Gasteiger partial charge in [-0.3, -0.25) is 9.59 Å². The van der Waals surface area contributed by atoms with Crippen molar-refractivity contribution in [1.82, 2.24) is 14.9 Å². The molecule has 1 saturated heterocycles. The van der Waals surface area contributed by atoms with Crippen LogP contribution in [0.2, 0.25) is 0 Å². The molecule has 3 aromatic rings. The number of benzene rings is 1. The summed E-state index contributed by atoms with van der Waals surface area (Å²) in [5.74, 6) is -0.0236. The topological polar surface area (TPSA) is 86.4 Å². The van der Waals surface area contributed by atoms with Gasteiger partial charge in [-0.25, -0.2) is 4.98 Å². The van der Waals surface area contributed by atoms with Gasteiger partial charge in [-0.2, -0.15) is 0 Å². The van der Waals surface area contributed by atoms with Crippen LogP contribution in [0.5, 0.6) is 0 Å². The average molecular weight is 424 g/mol. The van der Waals surface area contributed by atoms with Gasteiger partial charge in [0.2, 0.25) is 5.89 Å². The van der Waals surface area contributed by atoms with Crippen LogP contribution >= 0.6 is 0 Å². The second kappa shape index (κ2) is 8.30. The number of nitrogens with zero attached hydrogens (tertiary/aromatic N) is 2. The molecule has 1 N–H and O–H groups in total. The Kier molecular flexibility index (Phi) is 5.71. The lowest BCUT2D eigenvalue weighted by atomic mass is 9.87. The zero-order valence-corrected chi connectivity index (χ0v) is 18.5. The third kappa shape index (κ3) is 4.56. The van der Waals surface area contributed by atoms with E-state index in [2.05, 4.69) is 31.1 Å². The van der Waals surface area contributed by atoms with Crippen LogP contribution in [-0.2, 0) is 23.2 Å². The van der Waals surface area contributed by atoms with Crippen LogP contribution in [0.25, 0.3) is 11.1 Å². The third-order valence-corrected chi connectivity index (χ3v) is 5.72. The fourth-order valence-corrected chi connectivity index (χ4v) is 3.85. The van der Waals surface area contributed by atoms with Crippen molar-refractivity contribution in [3.8, 4) is 0 Å². The number of nitrogens with one attached hydrogen (secondary N) is 1. The van der Waals surface area contributed by atoms with E-state index in [9.17, 15) is 9.59 Å². The van der Waals surface area contributed by atoms with E-state index in [1.54, 1.807) is 23.8 Å². The minimum atomic E-state index is -0.429. The van der Waals surface area contributed by atoms with Crippen molar-refractivity contribution in [2.75, 3.05) is 6.61 Å². The van der Waals surface area contributed by atoms with Crippen LogP contribution in [0.4, 0.5) is 0 Å². The Balaban J connectivity index is 1.50. The highest BCUT2D eigenvalue weighted by Crippen LogP contribution is 2.26. The third-order valence-electron chi connectivity index (χ3n) is 5.72. The molecule has 4 rings (SSSR count). The van der Waals surface area contributed by atoms with E-state index in [1.165, 1.54) is 0 Å². The summed E-state index contributed by atoms with van der Waals surface area (Å²) in [6, 6.07) is 7.73. The highest BCUT2D eigenvalue weighted by atomic mass is 16.5. The first-order valence-corrected chi connectivity index (χ1v) is 10.7. The molecule has 1 fully saturated rings. The number of rotatable bonds is 5.